The number of para-hydroxylation sites is 2. The lowest BCUT2D eigenvalue weighted by Crippen LogP contribution is -2.68. The van der Waals surface area contributed by atoms with Crippen molar-refractivity contribution in [2.24, 2.45) is 0 Å². The standard InChI is InChI=1S/C18H24N2O4/c1-5-12-18(17(23)24-7-3)16(22)20(13(4)21)15-11-9-8-10-14(15)19(18)6-2/h8-11H,5-7,12H2,1-4H3. The Morgan fingerprint density at radius 1 is 1.12 bits per heavy atom. The summed E-state index contributed by atoms with van der Waals surface area (Å²) in [5.41, 5.74) is -0.302. The monoisotopic (exact) mass is 332 g/mol. The van der Waals surface area contributed by atoms with Crippen molar-refractivity contribution in [3.8, 4) is 0 Å². The highest BCUT2D eigenvalue weighted by atomic mass is 16.5. The number of anilines is 2. The van der Waals surface area contributed by atoms with Crippen molar-refractivity contribution < 1.29 is 19.1 Å². The van der Waals surface area contributed by atoms with Gasteiger partial charge in [-0.25, -0.2) is 9.69 Å². The second kappa shape index (κ2) is 7.03. The first-order valence-corrected chi connectivity index (χ1v) is 8.34. The van der Waals surface area contributed by atoms with Crippen molar-refractivity contribution in [3.05, 3.63) is 24.3 Å². The Labute approximate surface area is 142 Å². The van der Waals surface area contributed by atoms with Gasteiger partial charge in [0.05, 0.1) is 18.0 Å². The molecule has 24 heavy (non-hydrogen) atoms. The number of hydrogen-bond donors (Lipinski definition) is 0. The molecule has 0 N–H and O–H groups in total. The molecule has 1 atom stereocenters. The number of ether oxygens (including phenoxy) is 1. The molecule has 2 amide bonds. The van der Waals surface area contributed by atoms with Gasteiger partial charge < -0.3 is 9.64 Å². The van der Waals surface area contributed by atoms with Gasteiger partial charge in [0.15, 0.2) is 0 Å². The molecule has 0 spiro atoms. The molecule has 1 aliphatic heterocycles. The quantitative estimate of drug-likeness (QED) is 0.612. The summed E-state index contributed by atoms with van der Waals surface area (Å²) >= 11 is 0. The van der Waals surface area contributed by atoms with Crippen molar-refractivity contribution in [1.29, 1.82) is 0 Å². The molecule has 0 bridgehead atoms. The first kappa shape index (κ1) is 18.0. The van der Waals surface area contributed by atoms with Crippen LogP contribution >= 0.6 is 0 Å². The lowest BCUT2D eigenvalue weighted by atomic mass is 9.85. The summed E-state index contributed by atoms with van der Waals surface area (Å²) in [7, 11) is 0. The minimum Gasteiger partial charge on any atom is -0.464 e. The SMILES string of the molecule is CCCC1(C(=O)OCC)C(=O)N(C(C)=O)c2ccccc2N1CC. The molecule has 0 fully saturated rings. The maximum Gasteiger partial charge on any atom is 0.341 e. The maximum atomic E-state index is 13.3. The minimum atomic E-state index is -1.50. The van der Waals surface area contributed by atoms with Gasteiger partial charge >= 0.3 is 5.97 Å². The zero-order valence-electron chi connectivity index (χ0n) is 14.7. The number of benzene rings is 1. The number of rotatable bonds is 5. The normalized spacial score (nSPS) is 19.9. The van der Waals surface area contributed by atoms with Crippen LogP contribution in [0.3, 0.4) is 0 Å². The zero-order valence-corrected chi connectivity index (χ0v) is 14.7. The molecule has 0 saturated carbocycles. The second-order valence-electron chi connectivity index (χ2n) is 5.72. The summed E-state index contributed by atoms with van der Waals surface area (Å²) in [6.07, 6.45) is 0.894. The summed E-state index contributed by atoms with van der Waals surface area (Å²) < 4.78 is 5.24. The fraction of sp³-hybridized carbons (Fsp3) is 0.500. The van der Waals surface area contributed by atoms with E-state index in [0.29, 0.717) is 24.3 Å². The van der Waals surface area contributed by atoms with E-state index in [-0.39, 0.29) is 13.0 Å². The lowest BCUT2D eigenvalue weighted by Gasteiger charge is -2.48. The number of nitrogens with zero attached hydrogens (tertiary/aromatic N) is 2. The van der Waals surface area contributed by atoms with Gasteiger partial charge in [-0.05, 0) is 32.4 Å². The van der Waals surface area contributed by atoms with Crippen LogP contribution in [0, 0.1) is 0 Å². The first-order chi connectivity index (χ1) is 11.4. The first-order valence-electron chi connectivity index (χ1n) is 8.34. The van der Waals surface area contributed by atoms with E-state index in [1.54, 1.807) is 24.0 Å². The maximum absolute atomic E-state index is 13.3. The third-order valence-corrected chi connectivity index (χ3v) is 4.29. The van der Waals surface area contributed by atoms with Crippen LogP contribution in [-0.4, -0.2) is 36.5 Å². The zero-order chi connectivity index (χ0) is 17.9. The number of carbonyl (C=O) groups is 3. The number of imide groups is 1. The van der Waals surface area contributed by atoms with E-state index < -0.39 is 23.3 Å². The number of amides is 2. The summed E-state index contributed by atoms with van der Waals surface area (Å²) in [5.74, 6) is -1.54. The topological polar surface area (TPSA) is 66.9 Å². The third kappa shape index (κ3) is 2.56. The molecule has 1 aromatic carbocycles. The Morgan fingerprint density at radius 3 is 2.25 bits per heavy atom. The van der Waals surface area contributed by atoms with Crippen LogP contribution in [0.4, 0.5) is 11.4 Å². The van der Waals surface area contributed by atoms with Crippen LogP contribution in [0.25, 0.3) is 0 Å². The Kier molecular flexibility index (Phi) is 5.26. The van der Waals surface area contributed by atoms with Crippen LogP contribution in [0.2, 0.25) is 0 Å². The molecular weight excluding hydrogens is 308 g/mol. The molecule has 0 aromatic heterocycles. The van der Waals surface area contributed by atoms with Crippen molar-refractivity contribution in [3.63, 3.8) is 0 Å². The summed E-state index contributed by atoms with van der Waals surface area (Å²) in [6, 6.07) is 7.15. The van der Waals surface area contributed by atoms with Crippen LogP contribution in [0.1, 0.15) is 40.5 Å². The number of hydrogen-bond acceptors (Lipinski definition) is 5. The summed E-state index contributed by atoms with van der Waals surface area (Å²) in [6.45, 7) is 7.46. The molecule has 6 heteroatoms. The van der Waals surface area contributed by atoms with Gasteiger partial charge in [0.1, 0.15) is 0 Å². The Morgan fingerprint density at radius 2 is 1.75 bits per heavy atom. The summed E-state index contributed by atoms with van der Waals surface area (Å²) in [5, 5.41) is 0. The second-order valence-corrected chi connectivity index (χ2v) is 5.72. The molecule has 0 aliphatic carbocycles. The largest absolute Gasteiger partial charge is 0.464 e. The van der Waals surface area contributed by atoms with Gasteiger partial charge in [-0.2, -0.15) is 0 Å². The van der Waals surface area contributed by atoms with Gasteiger partial charge in [-0.3, -0.25) is 9.59 Å². The fourth-order valence-electron chi connectivity index (χ4n) is 3.40. The smallest absolute Gasteiger partial charge is 0.341 e. The minimum absolute atomic E-state index is 0.177. The van der Waals surface area contributed by atoms with Gasteiger partial charge in [-0.1, -0.05) is 25.5 Å². The molecule has 0 saturated heterocycles. The van der Waals surface area contributed by atoms with Crippen LogP contribution in [0.5, 0.6) is 0 Å². The Bertz CT molecular complexity index is 658. The van der Waals surface area contributed by atoms with Gasteiger partial charge in [0.2, 0.25) is 11.4 Å². The molecule has 6 nitrogen and oxygen atoms in total. The molecule has 1 unspecified atom stereocenters. The van der Waals surface area contributed by atoms with Gasteiger partial charge in [0, 0.05) is 13.5 Å². The van der Waals surface area contributed by atoms with E-state index in [2.05, 4.69) is 0 Å². The van der Waals surface area contributed by atoms with Crippen LogP contribution < -0.4 is 9.80 Å². The van der Waals surface area contributed by atoms with E-state index in [0.717, 1.165) is 4.90 Å². The predicted molar refractivity (Wildman–Crippen MR) is 91.9 cm³/mol. The molecule has 1 heterocycles. The molecule has 130 valence electrons. The van der Waals surface area contributed by atoms with E-state index in [9.17, 15) is 14.4 Å². The molecule has 1 aliphatic rings. The number of likely N-dealkylation sites (N-methyl/N-ethyl adjacent to an activating group) is 1. The van der Waals surface area contributed by atoms with E-state index in [1.165, 1.54) is 6.92 Å². The van der Waals surface area contributed by atoms with Crippen molar-refractivity contribution >= 4 is 29.2 Å². The van der Waals surface area contributed by atoms with Crippen LogP contribution in [0.15, 0.2) is 24.3 Å². The average molecular weight is 332 g/mol. The van der Waals surface area contributed by atoms with Crippen molar-refractivity contribution in [2.45, 2.75) is 46.1 Å². The van der Waals surface area contributed by atoms with E-state index >= 15 is 0 Å². The fourth-order valence-corrected chi connectivity index (χ4v) is 3.40. The van der Waals surface area contributed by atoms with Gasteiger partial charge in [-0.15, -0.1) is 0 Å². The number of carbonyl (C=O) groups excluding carboxylic acids is 3. The lowest BCUT2D eigenvalue weighted by molar-refractivity contribution is -0.154. The Balaban J connectivity index is 2.75. The van der Waals surface area contributed by atoms with Crippen molar-refractivity contribution in [2.75, 3.05) is 23.0 Å². The van der Waals surface area contributed by atoms with E-state index in [1.807, 2.05) is 26.0 Å². The number of fused-ring (bicyclic) bond motifs is 1. The Hall–Kier alpha value is -2.37. The highest BCUT2D eigenvalue weighted by Crippen LogP contribution is 2.43. The van der Waals surface area contributed by atoms with Crippen LogP contribution in [-0.2, 0) is 19.1 Å². The highest BCUT2D eigenvalue weighted by molar-refractivity contribution is 6.28. The third-order valence-electron chi connectivity index (χ3n) is 4.29. The van der Waals surface area contributed by atoms with Gasteiger partial charge in [0.25, 0.3) is 5.91 Å². The molecule has 2 rings (SSSR count). The van der Waals surface area contributed by atoms with E-state index in [4.69, 9.17) is 4.74 Å². The molecule has 0 radical (unpaired) electrons. The average Bonchev–Trinajstić information content (AvgIpc) is 2.55. The van der Waals surface area contributed by atoms with Crippen molar-refractivity contribution in [1.82, 2.24) is 0 Å². The molecule has 1 aromatic rings. The summed E-state index contributed by atoms with van der Waals surface area (Å²) in [4.78, 5) is 41.2. The number of esters is 1. The predicted octanol–water partition coefficient (Wildman–Crippen LogP) is 2.51. The molecular formula is C18H24N2O4. The highest BCUT2D eigenvalue weighted by Gasteiger charge is 2.57.